The van der Waals surface area contributed by atoms with Gasteiger partial charge in [-0.2, -0.15) is 0 Å². The average molecular weight is 335 g/mol. The van der Waals surface area contributed by atoms with Gasteiger partial charge in [-0.15, -0.1) is 0 Å². The molecule has 0 aromatic carbocycles. The van der Waals surface area contributed by atoms with E-state index in [0.717, 1.165) is 18.5 Å². The summed E-state index contributed by atoms with van der Waals surface area (Å²) in [6.45, 7) is 8.08. The van der Waals surface area contributed by atoms with E-state index in [-0.39, 0.29) is 17.9 Å². The Morgan fingerprint density at radius 3 is 2.58 bits per heavy atom. The molecular formula is C18H29N3O3. The average Bonchev–Trinajstić information content (AvgIpc) is 3.03. The lowest BCUT2D eigenvalue weighted by molar-refractivity contribution is -0.125. The van der Waals surface area contributed by atoms with Crippen LogP contribution >= 0.6 is 0 Å². The second-order valence-corrected chi connectivity index (χ2v) is 7.60. The number of aryl methyl sites for hydroxylation is 1. The fraction of sp³-hybridized carbons (Fsp3) is 0.667. The van der Waals surface area contributed by atoms with E-state index >= 15 is 0 Å². The molecular weight excluding hydrogens is 306 g/mol. The maximum absolute atomic E-state index is 12.3. The minimum atomic E-state index is -0.507. The Balaban J connectivity index is 1.77. The smallest absolute Gasteiger partial charge is 0.407 e. The number of amides is 2. The van der Waals surface area contributed by atoms with Crippen molar-refractivity contribution in [2.24, 2.45) is 13.0 Å². The summed E-state index contributed by atoms with van der Waals surface area (Å²) in [4.78, 5) is 24.1. The third-order valence-corrected chi connectivity index (χ3v) is 4.44. The van der Waals surface area contributed by atoms with Gasteiger partial charge in [-0.3, -0.25) is 4.79 Å². The Morgan fingerprint density at radius 2 is 2.00 bits per heavy atom. The van der Waals surface area contributed by atoms with Gasteiger partial charge in [0.1, 0.15) is 5.60 Å². The monoisotopic (exact) mass is 335 g/mol. The second kappa shape index (κ2) is 7.28. The minimum Gasteiger partial charge on any atom is -0.444 e. The minimum absolute atomic E-state index is 0.00730. The highest BCUT2D eigenvalue weighted by atomic mass is 16.6. The highest BCUT2D eigenvalue weighted by Crippen LogP contribution is 2.26. The molecule has 1 aromatic heterocycles. The Hall–Kier alpha value is -1.98. The first-order valence-electron chi connectivity index (χ1n) is 8.54. The number of hydrogen-bond donors (Lipinski definition) is 2. The van der Waals surface area contributed by atoms with Crippen molar-refractivity contribution in [2.75, 3.05) is 0 Å². The first-order valence-corrected chi connectivity index (χ1v) is 8.54. The van der Waals surface area contributed by atoms with Crippen molar-refractivity contribution in [1.82, 2.24) is 15.2 Å². The molecule has 1 aliphatic rings. The molecule has 1 saturated carbocycles. The predicted molar refractivity (Wildman–Crippen MR) is 92.5 cm³/mol. The third kappa shape index (κ3) is 5.01. The molecule has 0 unspecified atom stereocenters. The largest absolute Gasteiger partial charge is 0.444 e. The Morgan fingerprint density at radius 1 is 1.29 bits per heavy atom. The van der Waals surface area contributed by atoms with E-state index in [4.69, 9.17) is 4.74 Å². The molecule has 6 nitrogen and oxygen atoms in total. The van der Waals surface area contributed by atoms with Crippen molar-refractivity contribution in [2.45, 2.75) is 65.1 Å². The Labute approximate surface area is 143 Å². The van der Waals surface area contributed by atoms with Gasteiger partial charge in [0.2, 0.25) is 5.91 Å². The number of carbonyl (C=O) groups is 2. The van der Waals surface area contributed by atoms with E-state index in [9.17, 15) is 9.59 Å². The second-order valence-electron chi connectivity index (χ2n) is 7.60. The number of alkyl carbamates (subject to hydrolysis) is 1. The third-order valence-electron chi connectivity index (χ3n) is 4.44. The zero-order chi connectivity index (χ0) is 17.9. The molecule has 1 aromatic rings. The molecule has 2 amide bonds. The molecule has 1 aliphatic carbocycles. The zero-order valence-corrected chi connectivity index (χ0v) is 15.3. The summed E-state index contributed by atoms with van der Waals surface area (Å²) in [6.07, 6.45) is 1.85. The first-order chi connectivity index (χ1) is 11.2. The van der Waals surface area contributed by atoms with E-state index < -0.39 is 11.7 Å². The molecule has 1 fully saturated rings. The fourth-order valence-corrected chi connectivity index (χ4v) is 2.99. The molecule has 0 saturated heterocycles. The van der Waals surface area contributed by atoms with Crippen molar-refractivity contribution in [3.05, 3.63) is 23.5 Å². The van der Waals surface area contributed by atoms with Crippen molar-refractivity contribution < 1.29 is 14.3 Å². The van der Waals surface area contributed by atoms with Gasteiger partial charge in [-0.25, -0.2) is 4.79 Å². The van der Waals surface area contributed by atoms with Crippen molar-refractivity contribution in [3.63, 3.8) is 0 Å². The molecule has 0 aliphatic heterocycles. The lowest BCUT2D eigenvalue weighted by atomic mass is 10.1. The summed E-state index contributed by atoms with van der Waals surface area (Å²) < 4.78 is 7.33. The maximum atomic E-state index is 12.3. The van der Waals surface area contributed by atoms with E-state index in [2.05, 4.69) is 15.2 Å². The molecule has 0 radical (unpaired) electrons. The lowest BCUT2D eigenvalue weighted by Gasteiger charge is -2.21. The maximum Gasteiger partial charge on any atom is 0.407 e. The number of nitrogens with one attached hydrogen (secondary N) is 2. The quantitative estimate of drug-likeness (QED) is 0.888. The van der Waals surface area contributed by atoms with Crippen LogP contribution in [0.1, 0.15) is 51.4 Å². The standard InChI is InChI=1S/C18H29N3O3/c1-12-6-9-15(21(12)5)11-19-16(22)13-7-8-14(10-13)20-17(23)24-18(2,3)4/h6,9,13-14H,7-8,10-11H2,1-5H3,(H,19,22)(H,20,23)/t13-,14+/m0/s1. The van der Waals surface area contributed by atoms with Gasteiger partial charge in [-0.05, 0) is 59.1 Å². The number of aromatic nitrogens is 1. The van der Waals surface area contributed by atoms with Crippen LogP contribution < -0.4 is 10.6 Å². The number of hydrogen-bond acceptors (Lipinski definition) is 3. The summed E-state index contributed by atoms with van der Waals surface area (Å²) in [5.74, 6) is 0.00800. The Kier molecular flexibility index (Phi) is 5.57. The van der Waals surface area contributed by atoms with Gasteiger partial charge in [0.15, 0.2) is 0 Å². The highest BCUT2D eigenvalue weighted by molar-refractivity contribution is 5.79. The molecule has 1 heterocycles. The summed E-state index contributed by atoms with van der Waals surface area (Å²) in [5.41, 5.74) is 1.75. The lowest BCUT2D eigenvalue weighted by Crippen LogP contribution is -2.38. The van der Waals surface area contributed by atoms with Gasteiger partial charge in [0, 0.05) is 30.4 Å². The molecule has 24 heavy (non-hydrogen) atoms. The van der Waals surface area contributed by atoms with Gasteiger partial charge in [-0.1, -0.05) is 0 Å². The van der Waals surface area contributed by atoms with Gasteiger partial charge in [0.05, 0.1) is 6.54 Å². The van der Waals surface area contributed by atoms with Crippen LogP contribution in [-0.2, 0) is 23.1 Å². The highest BCUT2D eigenvalue weighted by Gasteiger charge is 2.31. The van der Waals surface area contributed by atoms with Gasteiger partial charge < -0.3 is 19.9 Å². The van der Waals surface area contributed by atoms with Crippen molar-refractivity contribution >= 4 is 12.0 Å². The fourth-order valence-electron chi connectivity index (χ4n) is 2.99. The van der Waals surface area contributed by atoms with Crippen LogP contribution in [-0.4, -0.2) is 28.2 Å². The van der Waals surface area contributed by atoms with Crippen molar-refractivity contribution in [3.8, 4) is 0 Å². The first kappa shape index (κ1) is 18.4. The topological polar surface area (TPSA) is 72.4 Å². The van der Waals surface area contributed by atoms with Gasteiger partial charge >= 0.3 is 6.09 Å². The van der Waals surface area contributed by atoms with Crippen LogP contribution in [0.2, 0.25) is 0 Å². The van der Waals surface area contributed by atoms with Crippen LogP contribution in [0.4, 0.5) is 4.79 Å². The molecule has 0 bridgehead atoms. The number of carbonyl (C=O) groups excluding carboxylic acids is 2. The predicted octanol–water partition coefficient (Wildman–Crippen LogP) is 2.64. The Bertz CT molecular complexity index is 601. The van der Waals surface area contributed by atoms with Crippen molar-refractivity contribution in [1.29, 1.82) is 0 Å². The van der Waals surface area contributed by atoms with Crippen LogP contribution in [0.15, 0.2) is 12.1 Å². The van der Waals surface area contributed by atoms with Crippen LogP contribution in [0, 0.1) is 12.8 Å². The normalized spacial score (nSPS) is 20.7. The summed E-state index contributed by atoms with van der Waals surface area (Å²) in [6, 6.07) is 4.07. The number of ether oxygens (including phenoxy) is 1. The van der Waals surface area contributed by atoms with Gasteiger partial charge in [0.25, 0.3) is 0 Å². The molecule has 6 heteroatoms. The van der Waals surface area contributed by atoms with Crippen LogP contribution in [0.3, 0.4) is 0 Å². The van der Waals surface area contributed by atoms with E-state index in [1.54, 1.807) is 0 Å². The summed E-state index contributed by atoms with van der Waals surface area (Å²) in [7, 11) is 1.99. The molecule has 134 valence electrons. The molecule has 2 N–H and O–H groups in total. The zero-order valence-electron chi connectivity index (χ0n) is 15.3. The molecule has 0 spiro atoms. The summed E-state index contributed by atoms with van der Waals surface area (Å²) >= 11 is 0. The number of rotatable bonds is 4. The number of nitrogens with zero attached hydrogens (tertiary/aromatic N) is 1. The van der Waals surface area contributed by atoms with E-state index in [1.807, 2.05) is 46.9 Å². The SMILES string of the molecule is Cc1ccc(CNC(=O)[C@H]2CC[C@@H](NC(=O)OC(C)(C)C)C2)n1C. The van der Waals surface area contributed by atoms with E-state index in [1.165, 1.54) is 5.69 Å². The van der Waals surface area contributed by atoms with E-state index in [0.29, 0.717) is 13.0 Å². The van der Waals surface area contributed by atoms with Crippen LogP contribution in [0.5, 0.6) is 0 Å². The van der Waals surface area contributed by atoms with Crippen LogP contribution in [0.25, 0.3) is 0 Å². The molecule has 2 rings (SSSR count). The summed E-state index contributed by atoms with van der Waals surface area (Å²) in [5, 5.41) is 5.86. The molecule has 2 atom stereocenters.